The van der Waals surface area contributed by atoms with Crippen LogP contribution in [0.5, 0.6) is 0 Å². The number of hydrogen-bond acceptors (Lipinski definition) is 4. The van der Waals surface area contributed by atoms with Gasteiger partial charge in [0.15, 0.2) is 5.82 Å². The number of piperidine rings is 1. The van der Waals surface area contributed by atoms with Crippen LogP contribution in [0.3, 0.4) is 0 Å². The van der Waals surface area contributed by atoms with E-state index < -0.39 is 0 Å². The van der Waals surface area contributed by atoms with Crippen LogP contribution < -0.4 is 10.2 Å². The number of nitrogens with one attached hydrogen (secondary N) is 2. The normalized spacial score (nSPS) is 15.0. The summed E-state index contributed by atoms with van der Waals surface area (Å²) in [5, 5.41) is 4.56. The van der Waals surface area contributed by atoms with Crippen LogP contribution in [-0.2, 0) is 0 Å². The van der Waals surface area contributed by atoms with Gasteiger partial charge >= 0.3 is 0 Å². The predicted molar refractivity (Wildman–Crippen MR) is 132 cm³/mol. The fourth-order valence-electron chi connectivity index (χ4n) is 4.65. The molecule has 2 aromatic heterocycles. The van der Waals surface area contributed by atoms with E-state index in [9.17, 15) is 4.79 Å². The first-order valence-electron chi connectivity index (χ1n) is 11.8. The van der Waals surface area contributed by atoms with E-state index in [0.29, 0.717) is 18.0 Å². The highest BCUT2D eigenvalue weighted by Gasteiger charge is 2.30. The lowest BCUT2D eigenvalue weighted by Gasteiger charge is -2.40. The molecular weight excluding hydrogens is 398 g/mol. The number of nitrogens with zero attached hydrogens (tertiary/aromatic N) is 3. The van der Waals surface area contributed by atoms with Crippen LogP contribution in [0.4, 0.5) is 11.5 Å². The largest absolute Gasteiger partial charge is 0.380 e. The molecule has 3 heterocycles. The quantitative estimate of drug-likeness (QED) is 0.541. The molecule has 0 atom stereocenters. The zero-order valence-corrected chi connectivity index (χ0v) is 19.6. The second-order valence-electron chi connectivity index (χ2n) is 9.49. The second-order valence-corrected chi connectivity index (χ2v) is 9.49. The predicted octanol–water partition coefficient (Wildman–Crippen LogP) is 5.15. The fourth-order valence-corrected chi connectivity index (χ4v) is 4.65. The molecule has 6 nitrogen and oxygen atoms in total. The Morgan fingerprint density at radius 3 is 2.62 bits per heavy atom. The van der Waals surface area contributed by atoms with E-state index in [2.05, 4.69) is 49.0 Å². The maximum atomic E-state index is 13.2. The van der Waals surface area contributed by atoms with Crippen molar-refractivity contribution >= 4 is 28.3 Å². The molecule has 1 aliphatic heterocycles. The lowest BCUT2D eigenvalue weighted by atomic mass is 10.00. The molecular formula is C26H35N5O. The maximum Gasteiger partial charge on any atom is 0.256 e. The van der Waals surface area contributed by atoms with Gasteiger partial charge in [-0.05, 0) is 50.8 Å². The van der Waals surface area contributed by atoms with Gasteiger partial charge in [0.25, 0.3) is 5.91 Å². The van der Waals surface area contributed by atoms with Gasteiger partial charge in [0.1, 0.15) is 0 Å². The van der Waals surface area contributed by atoms with Crippen molar-refractivity contribution in [3.05, 3.63) is 54.4 Å². The Labute approximate surface area is 191 Å². The summed E-state index contributed by atoms with van der Waals surface area (Å²) in [4.78, 5) is 25.7. The SMILES string of the molecule is CC(C)CN(c1ncccc1NC(C)C)C1CCN(C(=O)c2c[nH]c3ccccc23)CC1. The summed E-state index contributed by atoms with van der Waals surface area (Å²) in [6.07, 6.45) is 5.61. The number of aromatic nitrogens is 2. The van der Waals surface area contributed by atoms with Gasteiger partial charge in [-0.25, -0.2) is 4.98 Å². The van der Waals surface area contributed by atoms with Gasteiger partial charge in [-0.2, -0.15) is 0 Å². The van der Waals surface area contributed by atoms with Crippen molar-refractivity contribution in [3.8, 4) is 0 Å². The zero-order valence-electron chi connectivity index (χ0n) is 19.6. The lowest BCUT2D eigenvalue weighted by molar-refractivity contribution is 0.0713. The minimum atomic E-state index is 0.122. The molecule has 0 aliphatic carbocycles. The van der Waals surface area contributed by atoms with Gasteiger partial charge in [0.05, 0.1) is 11.3 Å². The molecule has 170 valence electrons. The first kappa shape index (κ1) is 22.2. The van der Waals surface area contributed by atoms with Gasteiger partial charge in [-0.1, -0.05) is 32.0 Å². The summed E-state index contributed by atoms with van der Waals surface area (Å²) in [7, 11) is 0. The molecule has 0 spiro atoms. The monoisotopic (exact) mass is 433 g/mol. The molecule has 0 saturated carbocycles. The zero-order chi connectivity index (χ0) is 22.7. The van der Waals surface area contributed by atoms with Crippen molar-refractivity contribution in [1.29, 1.82) is 0 Å². The minimum absolute atomic E-state index is 0.122. The minimum Gasteiger partial charge on any atom is -0.380 e. The van der Waals surface area contributed by atoms with Crippen LogP contribution in [-0.4, -0.2) is 52.5 Å². The summed E-state index contributed by atoms with van der Waals surface area (Å²) in [5.41, 5.74) is 2.86. The van der Waals surface area contributed by atoms with Crippen LogP contribution in [0.1, 0.15) is 50.9 Å². The summed E-state index contributed by atoms with van der Waals surface area (Å²) in [6.45, 7) is 11.3. The Balaban J connectivity index is 1.50. The third kappa shape index (κ3) is 4.74. The van der Waals surface area contributed by atoms with E-state index in [4.69, 9.17) is 4.98 Å². The van der Waals surface area contributed by atoms with Crippen molar-refractivity contribution in [2.45, 2.75) is 52.6 Å². The van der Waals surface area contributed by atoms with Crippen LogP contribution in [0.2, 0.25) is 0 Å². The smallest absolute Gasteiger partial charge is 0.256 e. The first-order chi connectivity index (χ1) is 15.4. The maximum absolute atomic E-state index is 13.2. The van der Waals surface area contributed by atoms with E-state index in [0.717, 1.165) is 60.4 Å². The van der Waals surface area contributed by atoms with Crippen molar-refractivity contribution in [3.63, 3.8) is 0 Å². The molecule has 0 radical (unpaired) electrons. The Morgan fingerprint density at radius 1 is 1.16 bits per heavy atom. The number of likely N-dealkylation sites (tertiary alicyclic amines) is 1. The third-order valence-electron chi connectivity index (χ3n) is 6.08. The molecule has 6 heteroatoms. The van der Waals surface area contributed by atoms with Gasteiger partial charge < -0.3 is 20.1 Å². The molecule has 0 bridgehead atoms. The average molecular weight is 434 g/mol. The molecule has 2 N–H and O–H groups in total. The Kier molecular flexibility index (Phi) is 6.68. The van der Waals surface area contributed by atoms with Gasteiger partial charge in [-0.3, -0.25) is 4.79 Å². The summed E-state index contributed by atoms with van der Waals surface area (Å²) >= 11 is 0. The van der Waals surface area contributed by atoms with Crippen molar-refractivity contribution in [1.82, 2.24) is 14.9 Å². The Hall–Kier alpha value is -3.02. The van der Waals surface area contributed by atoms with Gasteiger partial charge in [-0.15, -0.1) is 0 Å². The third-order valence-corrected chi connectivity index (χ3v) is 6.08. The van der Waals surface area contributed by atoms with Crippen LogP contribution in [0.15, 0.2) is 48.8 Å². The average Bonchev–Trinajstić information content (AvgIpc) is 3.21. The van der Waals surface area contributed by atoms with Gasteiger partial charge in [0, 0.05) is 55.0 Å². The van der Waals surface area contributed by atoms with Crippen LogP contribution in [0.25, 0.3) is 10.9 Å². The van der Waals surface area contributed by atoms with Crippen LogP contribution in [0, 0.1) is 5.92 Å². The molecule has 1 saturated heterocycles. The number of para-hydroxylation sites is 1. The van der Waals surface area contributed by atoms with Crippen LogP contribution >= 0.6 is 0 Å². The molecule has 3 aromatic rings. The van der Waals surface area contributed by atoms with Crippen molar-refractivity contribution in [2.75, 3.05) is 29.9 Å². The summed E-state index contributed by atoms with van der Waals surface area (Å²) in [6, 6.07) is 12.8. The number of amides is 1. The number of rotatable bonds is 7. The van der Waals surface area contributed by atoms with E-state index >= 15 is 0 Å². The molecule has 1 amide bonds. The highest BCUT2D eigenvalue weighted by atomic mass is 16.2. The molecule has 1 aliphatic rings. The van der Waals surface area contributed by atoms with Gasteiger partial charge in [0.2, 0.25) is 0 Å². The molecule has 1 aromatic carbocycles. The highest BCUT2D eigenvalue weighted by Crippen LogP contribution is 2.30. The topological polar surface area (TPSA) is 64.3 Å². The number of carbonyl (C=O) groups excluding carboxylic acids is 1. The number of fused-ring (bicyclic) bond motifs is 1. The number of aromatic amines is 1. The number of anilines is 2. The number of hydrogen-bond donors (Lipinski definition) is 2. The Morgan fingerprint density at radius 2 is 1.91 bits per heavy atom. The number of H-pyrrole nitrogens is 1. The van der Waals surface area contributed by atoms with E-state index in [1.165, 1.54) is 0 Å². The molecule has 32 heavy (non-hydrogen) atoms. The summed E-state index contributed by atoms with van der Waals surface area (Å²) in [5.74, 6) is 1.67. The number of benzene rings is 1. The van der Waals surface area contributed by atoms with Crippen molar-refractivity contribution in [2.24, 2.45) is 5.92 Å². The first-order valence-corrected chi connectivity index (χ1v) is 11.8. The van der Waals surface area contributed by atoms with E-state index in [1.807, 2.05) is 47.6 Å². The summed E-state index contributed by atoms with van der Waals surface area (Å²) < 4.78 is 0. The number of pyridine rings is 1. The van der Waals surface area contributed by atoms with Crippen molar-refractivity contribution < 1.29 is 4.79 Å². The molecule has 4 rings (SSSR count). The highest BCUT2D eigenvalue weighted by molar-refractivity contribution is 6.06. The van der Waals surface area contributed by atoms with E-state index in [-0.39, 0.29) is 5.91 Å². The standard InChI is InChI=1S/C26H35N5O/c1-18(2)17-31(25-24(29-19(3)4)10-7-13-27-25)20-11-14-30(15-12-20)26(32)22-16-28-23-9-6-5-8-21(22)23/h5-10,13,16,18-20,28-29H,11-12,14-15,17H2,1-4H3. The molecule has 1 fully saturated rings. The number of carbonyl (C=O) groups is 1. The fraction of sp³-hybridized carbons (Fsp3) is 0.462. The Bertz CT molecular complexity index is 1050. The molecule has 0 unspecified atom stereocenters. The van der Waals surface area contributed by atoms with E-state index in [1.54, 1.807) is 0 Å². The second kappa shape index (κ2) is 9.63. The lowest BCUT2D eigenvalue weighted by Crippen LogP contribution is -2.48.